The summed E-state index contributed by atoms with van der Waals surface area (Å²) in [7, 11) is 0. The zero-order valence-electron chi connectivity index (χ0n) is 11.0. The maximum atomic E-state index is 11.7. The van der Waals surface area contributed by atoms with Crippen LogP contribution in [0.25, 0.3) is 0 Å². The molecule has 0 aromatic carbocycles. The molecule has 1 aliphatic carbocycles. The SMILES string of the molecule is CC(C)(C)C(=O)NC[C@H]1CC[C@H](C(=O)O)CC1. The Morgan fingerprint density at radius 3 is 2.12 bits per heavy atom. The van der Waals surface area contributed by atoms with Crippen molar-refractivity contribution in [3.8, 4) is 0 Å². The van der Waals surface area contributed by atoms with Crippen LogP contribution in [0.15, 0.2) is 0 Å². The first-order valence-electron chi connectivity index (χ1n) is 6.32. The van der Waals surface area contributed by atoms with E-state index >= 15 is 0 Å². The van der Waals surface area contributed by atoms with Gasteiger partial charge in [0.2, 0.25) is 5.91 Å². The summed E-state index contributed by atoms with van der Waals surface area (Å²) < 4.78 is 0. The molecular weight excluding hydrogens is 218 g/mol. The predicted molar refractivity (Wildman–Crippen MR) is 65.5 cm³/mol. The van der Waals surface area contributed by atoms with Gasteiger partial charge in [-0.25, -0.2) is 0 Å². The van der Waals surface area contributed by atoms with E-state index in [0.717, 1.165) is 25.7 Å². The van der Waals surface area contributed by atoms with Crippen LogP contribution in [0.3, 0.4) is 0 Å². The molecule has 0 atom stereocenters. The van der Waals surface area contributed by atoms with E-state index in [4.69, 9.17) is 5.11 Å². The lowest BCUT2D eigenvalue weighted by Crippen LogP contribution is -2.38. The lowest BCUT2D eigenvalue weighted by molar-refractivity contribution is -0.143. The van der Waals surface area contributed by atoms with E-state index in [1.165, 1.54) is 0 Å². The fourth-order valence-electron chi connectivity index (χ4n) is 2.12. The number of aliphatic carboxylic acids is 1. The number of carbonyl (C=O) groups is 2. The van der Waals surface area contributed by atoms with E-state index < -0.39 is 5.97 Å². The van der Waals surface area contributed by atoms with Crippen molar-refractivity contribution in [3.63, 3.8) is 0 Å². The van der Waals surface area contributed by atoms with Crippen molar-refractivity contribution < 1.29 is 14.7 Å². The van der Waals surface area contributed by atoms with Crippen LogP contribution < -0.4 is 5.32 Å². The molecule has 0 unspecified atom stereocenters. The molecule has 1 rings (SSSR count). The lowest BCUT2D eigenvalue weighted by atomic mass is 9.82. The molecule has 0 bridgehead atoms. The second kappa shape index (κ2) is 5.52. The number of carboxylic acids is 1. The summed E-state index contributed by atoms with van der Waals surface area (Å²) in [6.07, 6.45) is 3.29. The maximum absolute atomic E-state index is 11.7. The van der Waals surface area contributed by atoms with Gasteiger partial charge < -0.3 is 10.4 Å². The van der Waals surface area contributed by atoms with Crippen LogP contribution in [0.5, 0.6) is 0 Å². The van der Waals surface area contributed by atoms with Crippen molar-refractivity contribution in [1.82, 2.24) is 5.32 Å². The number of rotatable bonds is 3. The molecule has 0 radical (unpaired) electrons. The molecule has 4 nitrogen and oxygen atoms in total. The van der Waals surface area contributed by atoms with E-state index in [9.17, 15) is 9.59 Å². The molecule has 98 valence electrons. The molecule has 1 aliphatic rings. The van der Waals surface area contributed by atoms with Crippen LogP contribution in [0.1, 0.15) is 46.5 Å². The second-order valence-electron chi connectivity index (χ2n) is 6.02. The van der Waals surface area contributed by atoms with Gasteiger partial charge in [0.15, 0.2) is 0 Å². The molecular formula is C13H23NO3. The third kappa shape index (κ3) is 4.36. The molecule has 0 aromatic rings. The average molecular weight is 241 g/mol. The molecule has 2 N–H and O–H groups in total. The van der Waals surface area contributed by atoms with Crippen molar-refractivity contribution in [1.29, 1.82) is 0 Å². The number of nitrogens with one attached hydrogen (secondary N) is 1. The average Bonchev–Trinajstić information content (AvgIpc) is 2.25. The van der Waals surface area contributed by atoms with Crippen LogP contribution >= 0.6 is 0 Å². The van der Waals surface area contributed by atoms with Gasteiger partial charge in [0.25, 0.3) is 0 Å². The first kappa shape index (κ1) is 14.0. The standard InChI is InChI=1S/C13H23NO3/c1-13(2,3)12(17)14-8-9-4-6-10(7-5-9)11(15)16/h9-10H,4-8H2,1-3H3,(H,14,17)(H,15,16)/t9-,10-. The summed E-state index contributed by atoms with van der Waals surface area (Å²) in [6, 6.07) is 0. The van der Waals surface area contributed by atoms with Gasteiger partial charge in [-0.1, -0.05) is 20.8 Å². The molecule has 0 heterocycles. The highest BCUT2D eigenvalue weighted by molar-refractivity contribution is 5.81. The predicted octanol–water partition coefficient (Wildman–Crippen LogP) is 2.04. The van der Waals surface area contributed by atoms with Crippen LogP contribution in [-0.4, -0.2) is 23.5 Å². The van der Waals surface area contributed by atoms with E-state index in [0.29, 0.717) is 12.5 Å². The van der Waals surface area contributed by atoms with Gasteiger partial charge in [0.1, 0.15) is 0 Å². The number of carbonyl (C=O) groups excluding carboxylic acids is 1. The second-order valence-corrected chi connectivity index (χ2v) is 6.02. The number of hydrogen-bond donors (Lipinski definition) is 2. The monoisotopic (exact) mass is 241 g/mol. The Hall–Kier alpha value is -1.06. The van der Waals surface area contributed by atoms with Crippen molar-refractivity contribution in [2.45, 2.75) is 46.5 Å². The summed E-state index contributed by atoms with van der Waals surface area (Å²) in [5.41, 5.74) is -0.349. The van der Waals surface area contributed by atoms with Gasteiger partial charge in [-0.3, -0.25) is 9.59 Å². The summed E-state index contributed by atoms with van der Waals surface area (Å²) in [5.74, 6) is -0.346. The van der Waals surface area contributed by atoms with Crippen molar-refractivity contribution >= 4 is 11.9 Å². The Balaban J connectivity index is 2.28. The smallest absolute Gasteiger partial charge is 0.306 e. The lowest BCUT2D eigenvalue weighted by Gasteiger charge is -2.27. The minimum atomic E-state index is -0.679. The normalized spacial score (nSPS) is 25.4. The highest BCUT2D eigenvalue weighted by Gasteiger charge is 2.27. The number of amides is 1. The first-order valence-corrected chi connectivity index (χ1v) is 6.32. The Labute approximate surface area is 103 Å². The van der Waals surface area contributed by atoms with Crippen LogP contribution in [0.2, 0.25) is 0 Å². The summed E-state index contributed by atoms with van der Waals surface area (Å²) in [6.45, 7) is 6.36. The first-order chi connectivity index (χ1) is 7.80. The van der Waals surface area contributed by atoms with Crippen molar-refractivity contribution in [2.75, 3.05) is 6.54 Å². The topological polar surface area (TPSA) is 66.4 Å². The zero-order valence-corrected chi connectivity index (χ0v) is 11.0. The molecule has 1 fully saturated rings. The molecule has 0 spiro atoms. The minimum absolute atomic E-state index is 0.0675. The Bertz CT molecular complexity index is 286. The molecule has 0 saturated heterocycles. The van der Waals surface area contributed by atoms with Gasteiger partial charge in [-0.2, -0.15) is 0 Å². The zero-order chi connectivity index (χ0) is 13.1. The number of hydrogen-bond acceptors (Lipinski definition) is 2. The largest absolute Gasteiger partial charge is 0.481 e. The van der Waals surface area contributed by atoms with Crippen LogP contribution in [-0.2, 0) is 9.59 Å². The highest BCUT2D eigenvalue weighted by atomic mass is 16.4. The third-order valence-electron chi connectivity index (χ3n) is 3.43. The van der Waals surface area contributed by atoms with Crippen LogP contribution in [0.4, 0.5) is 0 Å². The van der Waals surface area contributed by atoms with Gasteiger partial charge in [-0.15, -0.1) is 0 Å². The van der Waals surface area contributed by atoms with Crippen LogP contribution in [0, 0.1) is 17.3 Å². The van der Waals surface area contributed by atoms with E-state index in [-0.39, 0.29) is 17.2 Å². The fourth-order valence-corrected chi connectivity index (χ4v) is 2.12. The minimum Gasteiger partial charge on any atom is -0.481 e. The Morgan fingerprint density at radius 1 is 1.18 bits per heavy atom. The quantitative estimate of drug-likeness (QED) is 0.794. The fraction of sp³-hybridized carbons (Fsp3) is 0.846. The molecule has 4 heteroatoms. The summed E-state index contributed by atoms with van der Waals surface area (Å²) in [5, 5.41) is 11.8. The Kier molecular flexibility index (Phi) is 4.54. The molecule has 1 saturated carbocycles. The van der Waals surface area contributed by atoms with E-state index in [2.05, 4.69) is 5.32 Å². The summed E-state index contributed by atoms with van der Waals surface area (Å²) >= 11 is 0. The Morgan fingerprint density at radius 2 is 1.71 bits per heavy atom. The van der Waals surface area contributed by atoms with E-state index in [1.54, 1.807) is 0 Å². The van der Waals surface area contributed by atoms with E-state index in [1.807, 2.05) is 20.8 Å². The van der Waals surface area contributed by atoms with Gasteiger partial charge >= 0.3 is 5.97 Å². The molecule has 17 heavy (non-hydrogen) atoms. The summed E-state index contributed by atoms with van der Waals surface area (Å²) in [4.78, 5) is 22.5. The molecule has 0 aromatic heterocycles. The van der Waals surface area contributed by atoms with Gasteiger partial charge in [0.05, 0.1) is 5.92 Å². The van der Waals surface area contributed by atoms with Gasteiger partial charge in [-0.05, 0) is 31.6 Å². The maximum Gasteiger partial charge on any atom is 0.306 e. The number of carboxylic acid groups (broad SMARTS) is 1. The van der Waals surface area contributed by atoms with Crippen molar-refractivity contribution in [3.05, 3.63) is 0 Å². The highest BCUT2D eigenvalue weighted by Crippen LogP contribution is 2.28. The van der Waals surface area contributed by atoms with Crippen molar-refractivity contribution in [2.24, 2.45) is 17.3 Å². The molecule has 0 aliphatic heterocycles. The molecule has 1 amide bonds. The third-order valence-corrected chi connectivity index (χ3v) is 3.43. The van der Waals surface area contributed by atoms with Gasteiger partial charge in [0, 0.05) is 12.0 Å².